The van der Waals surface area contributed by atoms with Gasteiger partial charge in [-0.05, 0) is 30.3 Å². The number of rotatable bonds is 4. The van der Waals surface area contributed by atoms with Crippen LogP contribution in [0.1, 0.15) is 21.8 Å². The molecule has 31 heavy (non-hydrogen) atoms. The van der Waals surface area contributed by atoms with Crippen LogP contribution in [0.2, 0.25) is 19.6 Å². The molecule has 5 nitrogen and oxygen atoms in total. The molecular weight excluding hydrogens is 426 g/mol. The smallest absolute Gasteiger partial charge is 0.268 e. The number of ketones is 1. The molecule has 0 bridgehead atoms. The Labute approximate surface area is 182 Å². The monoisotopic (exact) mass is 447 g/mol. The predicted octanol–water partition coefficient (Wildman–Crippen LogP) is 4.93. The minimum Gasteiger partial charge on any atom is -0.461 e. The van der Waals surface area contributed by atoms with Crippen LogP contribution >= 0.6 is 0 Å². The van der Waals surface area contributed by atoms with E-state index in [-0.39, 0.29) is 16.3 Å². The van der Waals surface area contributed by atoms with Crippen LogP contribution in [-0.4, -0.2) is 26.2 Å². The fourth-order valence-electron chi connectivity index (χ4n) is 3.27. The molecule has 4 aromatic rings. The van der Waals surface area contributed by atoms with Gasteiger partial charge in [-0.25, -0.2) is 12.4 Å². The second-order valence-electron chi connectivity index (χ2n) is 8.13. The topological polar surface area (TPSA) is 69.3 Å². The number of furan rings is 1. The molecule has 0 saturated carbocycles. The third kappa shape index (κ3) is 3.88. The molecule has 0 N–H and O–H groups in total. The number of carbonyl (C=O) groups excluding carboxylic acids is 1. The Morgan fingerprint density at radius 1 is 0.935 bits per heavy atom. The Hall–Kier alpha value is -3.34. The van der Waals surface area contributed by atoms with Crippen molar-refractivity contribution in [1.82, 2.24) is 3.97 Å². The Bertz CT molecular complexity index is 1430. The first-order valence-electron chi connectivity index (χ1n) is 9.75. The van der Waals surface area contributed by atoms with E-state index < -0.39 is 23.9 Å². The Morgan fingerprint density at radius 2 is 1.61 bits per heavy atom. The summed E-state index contributed by atoms with van der Waals surface area (Å²) in [4.78, 5) is 13.6. The number of hydrogen-bond acceptors (Lipinski definition) is 4. The fourth-order valence-corrected chi connectivity index (χ4v) is 5.31. The predicted molar refractivity (Wildman–Crippen MR) is 123 cm³/mol. The molecule has 0 unspecified atom stereocenters. The Kier molecular flexibility index (Phi) is 5.21. The van der Waals surface area contributed by atoms with E-state index >= 15 is 0 Å². The first-order chi connectivity index (χ1) is 14.7. The molecule has 2 aromatic carbocycles. The van der Waals surface area contributed by atoms with Crippen LogP contribution in [0.25, 0.3) is 10.9 Å². The maximum Gasteiger partial charge on any atom is 0.268 e. The van der Waals surface area contributed by atoms with Crippen LogP contribution in [0.15, 0.2) is 82.3 Å². The zero-order valence-corrected chi connectivity index (χ0v) is 19.2. The minimum absolute atomic E-state index is 0.00856. The lowest BCUT2D eigenvalue weighted by atomic mass is 10.1. The van der Waals surface area contributed by atoms with Crippen molar-refractivity contribution in [3.63, 3.8) is 0 Å². The molecular formula is C24H21NO4SSi. The molecule has 0 spiro atoms. The number of fused-ring (bicyclic) bond motifs is 1. The first kappa shape index (κ1) is 20.9. The van der Waals surface area contributed by atoms with E-state index in [1.807, 2.05) is 6.07 Å². The third-order valence-corrected chi connectivity index (χ3v) is 7.24. The lowest BCUT2D eigenvalue weighted by molar-refractivity contribution is 0.100. The molecule has 2 aromatic heterocycles. The van der Waals surface area contributed by atoms with E-state index in [4.69, 9.17) is 4.42 Å². The van der Waals surface area contributed by atoms with E-state index in [0.29, 0.717) is 16.5 Å². The number of aromatic nitrogens is 1. The molecule has 0 saturated heterocycles. The van der Waals surface area contributed by atoms with Crippen LogP contribution in [-0.2, 0) is 10.0 Å². The van der Waals surface area contributed by atoms with E-state index in [1.165, 1.54) is 24.5 Å². The SMILES string of the molecule is C[Si](C)(C)C#Cc1c(C(=O)c2ccco2)n(S(=O)(=O)c2ccccc2)c2ccccc12. The highest BCUT2D eigenvalue weighted by molar-refractivity contribution is 7.90. The summed E-state index contributed by atoms with van der Waals surface area (Å²) in [5.74, 6) is 2.68. The van der Waals surface area contributed by atoms with Crippen molar-refractivity contribution >= 4 is 34.8 Å². The van der Waals surface area contributed by atoms with Gasteiger partial charge in [0.25, 0.3) is 10.0 Å². The zero-order valence-electron chi connectivity index (χ0n) is 17.4. The van der Waals surface area contributed by atoms with Crippen LogP contribution < -0.4 is 0 Å². The molecule has 0 aliphatic carbocycles. The van der Waals surface area contributed by atoms with E-state index in [2.05, 4.69) is 31.1 Å². The number of para-hydroxylation sites is 1. The number of benzene rings is 2. The number of hydrogen-bond donors (Lipinski definition) is 0. The van der Waals surface area contributed by atoms with Gasteiger partial charge in [0.05, 0.1) is 22.2 Å². The van der Waals surface area contributed by atoms with Gasteiger partial charge in [-0.15, -0.1) is 5.54 Å². The molecule has 0 atom stereocenters. The van der Waals surface area contributed by atoms with E-state index in [1.54, 1.807) is 42.5 Å². The van der Waals surface area contributed by atoms with Gasteiger partial charge in [0.15, 0.2) is 5.76 Å². The van der Waals surface area contributed by atoms with Gasteiger partial charge < -0.3 is 4.42 Å². The normalized spacial score (nSPS) is 11.8. The number of carbonyl (C=O) groups is 1. The first-order valence-corrected chi connectivity index (χ1v) is 14.7. The molecule has 0 aliphatic heterocycles. The lowest BCUT2D eigenvalue weighted by Gasteiger charge is -2.11. The highest BCUT2D eigenvalue weighted by Gasteiger charge is 2.31. The average Bonchev–Trinajstić information content (AvgIpc) is 3.38. The summed E-state index contributed by atoms with van der Waals surface area (Å²) in [5, 5.41) is 0.614. The molecule has 2 heterocycles. The van der Waals surface area contributed by atoms with E-state index in [0.717, 1.165) is 3.97 Å². The average molecular weight is 448 g/mol. The summed E-state index contributed by atoms with van der Waals surface area (Å²) in [6, 6.07) is 18.2. The fraction of sp³-hybridized carbons (Fsp3) is 0.125. The second kappa shape index (κ2) is 7.73. The molecule has 7 heteroatoms. The van der Waals surface area contributed by atoms with Gasteiger partial charge in [-0.2, -0.15) is 0 Å². The Balaban J connectivity index is 2.14. The van der Waals surface area contributed by atoms with Crippen LogP contribution in [0.3, 0.4) is 0 Å². The summed E-state index contributed by atoms with van der Waals surface area (Å²) in [5.41, 5.74) is 4.07. The second-order valence-corrected chi connectivity index (χ2v) is 14.7. The number of nitrogens with zero attached hydrogens (tertiary/aromatic N) is 1. The van der Waals surface area contributed by atoms with Gasteiger partial charge >= 0.3 is 0 Å². The maximum atomic E-state index is 13.7. The molecule has 156 valence electrons. The van der Waals surface area contributed by atoms with Crippen molar-refractivity contribution in [1.29, 1.82) is 0 Å². The minimum atomic E-state index is -4.07. The van der Waals surface area contributed by atoms with Gasteiger partial charge in [0.2, 0.25) is 5.78 Å². The van der Waals surface area contributed by atoms with Crippen molar-refractivity contribution in [3.8, 4) is 11.5 Å². The van der Waals surface area contributed by atoms with Gasteiger partial charge in [-0.1, -0.05) is 62.0 Å². The van der Waals surface area contributed by atoms with Gasteiger partial charge in [0, 0.05) is 5.39 Å². The maximum absolute atomic E-state index is 13.7. The van der Waals surface area contributed by atoms with Gasteiger partial charge in [0.1, 0.15) is 13.8 Å². The van der Waals surface area contributed by atoms with Crippen molar-refractivity contribution in [2.24, 2.45) is 0 Å². The third-order valence-electron chi connectivity index (χ3n) is 4.64. The van der Waals surface area contributed by atoms with E-state index in [9.17, 15) is 13.2 Å². The summed E-state index contributed by atoms with van der Waals surface area (Å²) in [7, 11) is -5.87. The largest absolute Gasteiger partial charge is 0.461 e. The molecule has 0 radical (unpaired) electrons. The summed E-state index contributed by atoms with van der Waals surface area (Å²) in [6.07, 6.45) is 1.39. The highest BCUT2D eigenvalue weighted by atomic mass is 32.2. The zero-order chi connectivity index (χ0) is 22.2. The van der Waals surface area contributed by atoms with Crippen molar-refractivity contribution < 1.29 is 17.6 Å². The molecule has 0 fully saturated rings. The highest BCUT2D eigenvalue weighted by Crippen LogP contribution is 2.31. The van der Waals surface area contributed by atoms with Gasteiger partial charge in [-0.3, -0.25) is 4.79 Å². The molecule has 4 rings (SSSR count). The molecule has 0 aliphatic rings. The summed E-state index contributed by atoms with van der Waals surface area (Å²) in [6.45, 7) is 6.27. The molecule has 0 amide bonds. The van der Waals surface area contributed by atoms with Crippen molar-refractivity contribution in [2.45, 2.75) is 24.5 Å². The van der Waals surface area contributed by atoms with Crippen molar-refractivity contribution in [3.05, 3.63) is 90.0 Å². The quantitative estimate of drug-likeness (QED) is 0.253. The Morgan fingerprint density at radius 3 is 2.26 bits per heavy atom. The summed E-state index contributed by atoms with van der Waals surface area (Å²) < 4.78 is 33.8. The standard InChI is InChI=1S/C24H21NO4SSi/c1-31(2,3)17-15-20-19-12-7-8-13-21(19)25(23(20)24(26)22-14-9-16-29-22)30(27,28)18-10-5-4-6-11-18/h4-14,16H,1-3H3. The van der Waals surface area contributed by atoms with Crippen molar-refractivity contribution in [2.75, 3.05) is 0 Å². The van der Waals surface area contributed by atoms with Crippen LogP contribution in [0, 0.1) is 11.5 Å². The summed E-state index contributed by atoms with van der Waals surface area (Å²) >= 11 is 0. The lowest BCUT2D eigenvalue weighted by Crippen LogP contribution is -2.20. The van der Waals surface area contributed by atoms with Crippen LogP contribution in [0.5, 0.6) is 0 Å². The van der Waals surface area contributed by atoms with Crippen LogP contribution in [0.4, 0.5) is 0 Å².